The van der Waals surface area contributed by atoms with Gasteiger partial charge in [0, 0.05) is 16.6 Å². The Morgan fingerprint density at radius 3 is 2.75 bits per heavy atom. The number of benzene rings is 1. The normalized spacial score (nSPS) is 20.1. The van der Waals surface area contributed by atoms with E-state index in [1.165, 1.54) is 47.0 Å². The maximum Gasteiger partial charge on any atom is 0.0491 e. The Bertz CT molecular complexity index is 548. The quantitative estimate of drug-likeness (QED) is 0.683. The van der Waals surface area contributed by atoms with Crippen molar-refractivity contribution in [2.45, 2.75) is 40.0 Å². The largest absolute Gasteiger partial charge is 0.358 e. The Kier molecular flexibility index (Phi) is 2.10. The van der Waals surface area contributed by atoms with Gasteiger partial charge in [0.25, 0.3) is 0 Å². The number of aryl methyl sites for hydroxylation is 3. The minimum atomic E-state index is 0.834. The summed E-state index contributed by atoms with van der Waals surface area (Å²) in [7, 11) is 0. The Labute approximate surface area is 96.9 Å². The molecule has 0 aliphatic heterocycles. The molecule has 0 bridgehead atoms. The van der Waals surface area contributed by atoms with Gasteiger partial charge in [0.05, 0.1) is 0 Å². The van der Waals surface area contributed by atoms with Gasteiger partial charge < -0.3 is 4.98 Å². The van der Waals surface area contributed by atoms with Crippen LogP contribution in [-0.2, 0) is 12.8 Å². The van der Waals surface area contributed by atoms with Crippen molar-refractivity contribution in [2.24, 2.45) is 5.92 Å². The summed E-state index contributed by atoms with van der Waals surface area (Å²) in [4.78, 5) is 3.66. The highest BCUT2D eigenvalue weighted by atomic mass is 14.7. The Morgan fingerprint density at radius 2 is 1.94 bits per heavy atom. The standard InChI is InChI=1S/C15H19N/c1-9-4-7-12-13(8-9)16-15-11(3)6-5-10(2)14(12)15/h5-6,9,16H,4,7-8H2,1-3H3. The highest BCUT2D eigenvalue weighted by Crippen LogP contribution is 2.34. The first-order chi connectivity index (χ1) is 7.66. The second-order valence-electron chi connectivity index (χ2n) is 5.38. The van der Waals surface area contributed by atoms with Gasteiger partial charge >= 0.3 is 0 Å². The first kappa shape index (κ1) is 9.95. The third-order valence-corrected chi connectivity index (χ3v) is 4.00. The van der Waals surface area contributed by atoms with Crippen molar-refractivity contribution in [3.05, 3.63) is 34.5 Å². The molecule has 0 fully saturated rings. The highest BCUT2D eigenvalue weighted by Gasteiger charge is 2.20. The zero-order valence-electron chi connectivity index (χ0n) is 10.4. The molecule has 1 unspecified atom stereocenters. The molecule has 1 N–H and O–H groups in total. The van der Waals surface area contributed by atoms with Gasteiger partial charge in [-0.1, -0.05) is 19.1 Å². The van der Waals surface area contributed by atoms with Crippen LogP contribution in [0.15, 0.2) is 12.1 Å². The summed E-state index contributed by atoms with van der Waals surface area (Å²) in [6, 6.07) is 4.48. The first-order valence-electron chi connectivity index (χ1n) is 6.26. The highest BCUT2D eigenvalue weighted by molar-refractivity contribution is 5.90. The minimum absolute atomic E-state index is 0.834. The molecule has 1 aliphatic rings. The van der Waals surface area contributed by atoms with E-state index < -0.39 is 0 Å². The topological polar surface area (TPSA) is 15.8 Å². The predicted molar refractivity (Wildman–Crippen MR) is 69.0 cm³/mol. The van der Waals surface area contributed by atoms with Gasteiger partial charge in [-0.3, -0.25) is 0 Å². The van der Waals surface area contributed by atoms with Crippen molar-refractivity contribution in [2.75, 3.05) is 0 Å². The molecule has 0 saturated carbocycles. The van der Waals surface area contributed by atoms with Gasteiger partial charge in [-0.2, -0.15) is 0 Å². The number of rotatable bonds is 0. The van der Waals surface area contributed by atoms with E-state index >= 15 is 0 Å². The molecule has 0 amide bonds. The third kappa shape index (κ3) is 1.31. The van der Waals surface area contributed by atoms with E-state index in [1.54, 1.807) is 5.56 Å². The molecule has 1 nitrogen and oxygen atoms in total. The van der Waals surface area contributed by atoms with Gasteiger partial charge in [-0.15, -0.1) is 0 Å². The third-order valence-electron chi connectivity index (χ3n) is 4.00. The van der Waals surface area contributed by atoms with Crippen LogP contribution >= 0.6 is 0 Å². The fraction of sp³-hybridized carbons (Fsp3) is 0.467. The Morgan fingerprint density at radius 1 is 1.19 bits per heavy atom. The lowest BCUT2D eigenvalue weighted by Crippen LogP contribution is -2.10. The van der Waals surface area contributed by atoms with E-state index in [-0.39, 0.29) is 0 Å². The molecule has 1 atom stereocenters. The first-order valence-corrected chi connectivity index (χ1v) is 6.26. The summed E-state index contributed by atoms with van der Waals surface area (Å²) in [5.74, 6) is 0.834. The summed E-state index contributed by atoms with van der Waals surface area (Å²) in [5, 5.41) is 1.50. The Balaban J connectivity index is 2.33. The van der Waals surface area contributed by atoms with Crippen molar-refractivity contribution in [1.29, 1.82) is 0 Å². The predicted octanol–water partition coefficient (Wildman–Crippen LogP) is 3.91. The molecule has 84 valence electrons. The monoisotopic (exact) mass is 213 g/mol. The van der Waals surface area contributed by atoms with Gasteiger partial charge in [0.15, 0.2) is 0 Å². The summed E-state index contributed by atoms with van der Waals surface area (Å²) >= 11 is 0. The number of H-pyrrole nitrogens is 1. The van der Waals surface area contributed by atoms with Crippen molar-refractivity contribution in [1.82, 2.24) is 4.98 Å². The van der Waals surface area contributed by atoms with E-state index in [4.69, 9.17) is 0 Å². The fourth-order valence-corrected chi connectivity index (χ4v) is 3.03. The summed E-state index contributed by atoms with van der Waals surface area (Å²) in [6.45, 7) is 6.79. The SMILES string of the molecule is Cc1ccc(C)c2c3c([nH]c12)CC(C)CC3. The van der Waals surface area contributed by atoms with Gasteiger partial charge in [0.2, 0.25) is 0 Å². The average molecular weight is 213 g/mol. The molecular weight excluding hydrogens is 194 g/mol. The fourth-order valence-electron chi connectivity index (χ4n) is 3.03. The van der Waals surface area contributed by atoms with Crippen molar-refractivity contribution in [3.8, 4) is 0 Å². The lowest BCUT2D eigenvalue weighted by Gasteiger charge is -2.18. The lowest BCUT2D eigenvalue weighted by atomic mass is 9.87. The summed E-state index contributed by atoms with van der Waals surface area (Å²) < 4.78 is 0. The zero-order valence-corrected chi connectivity index (χ0v) is 10.4. The van der Waals surface area contributed by atoms with Crippen LogP contribution in [0.3, 0.4) is 0 Å². The van der Waals surface area contributed by atoms with Crippen molar-refractivity contribution < 1.29 is 0 Å². The average Bonchev–Trinajstić information content (AvgIpc) is 2.63. The number of nitrogens with one attached hydrogen (secondary N) is 1. The molecule has 0 saturated heterocycles. The van der Waals surface area contributed by atoms with Crippen molar-refractivity contribution in [3.63, 3.8) is 0 Å². The van der Waals surface area contributed by atoms with E-state index in [1.807, 2.05) is 0 Å². The van der Waals surface area contributed by atoms with Crippen LogP contribution in [0.1, 0.15) is 35.7 Å². The second kappa shape index (κ2) is 3.38. The smallest absolute Gasteiger partial charge is 0.0491 e. The number of hydrogen-bond acceptors (Lipinski definition) is 0. The molecule has 1 heteroatoms. The molecule has 16 heavy (non-hydrogen) atoms. The lowest BCUT2D eigenvalue weighted by molar-refractivity contribution is 0.497. The summed E-state index contributed by atoms with van der Waals surface area (Å²) in [5.41, 5.74) is 7.26. The van der Waals surface area contributed by atoms with Crippen LogP contribution in [0.2, 0.25) is 0 Å². The van der Waals surface area contributed by atoms with E-state index in [0.717, 1.165) is 5.92 Å². The molecule has 2 aromatic rings. The number of aromatic amines is 1. The second-order valence-corrected chi connectivity index (χ2v) is 5.38. The molecule has 1 aromatic heterocycles. The number of hydrogen-bond donors (Lipinski definition) is 1. The van der Waals surface area contributed by atoms with Crippen molar-refractivity contribution >= 4 is 10.9 Å². The molecule has 0 radical (unpaired) electrons. The molecule has 0 spiro atoms. The van der Waals surface area contributed by atoms with Crippen LogP contribution in [0, 0.1) is 19.8 Å². The molecule has 3 rings (SSSR count). The molecular formula is C15H19N. The van der Waals surface area contributed by atoms with Crippen LogP contribution in [0.5, 0.6) is 0 Å². The van der Waals surface area contributed by atoms with Crippen LogP contribution in [0.4, 0.5) is 0 Å². The number of fused-ring (bicyclic) bond motifs is 3. The van der Waals surface area contributed by atoms with Crippen LogP contribution < -0.4 is 0 Å². The molecule has 1 aromatic carbocycles. The van der Waals surface area contributed by atoms with Gasteiger partial charge in [0.1, 0.15) is 0 Å². The maximum absolute atomic E-state index is 3.66. The maximum atomic E-state index is 3.66. The van der Waals surface area contributed by atoms with Crippen LogP contribution in [-0.4, -0.2) is 4.98 Å². The van der Waals surface area contributed by atoms with Gasteiger partial charge in [-0.05, 0) is 55.7 Å². The van der Waals surface area contributed by atoms with E-state index in [2.05, 4.69) is 37.9 Å². The van der Waals surface area contributed by atoms with Gasteiger partial charge in [-0.25, -0.2) is 0 Å². The zero-order chi connectivity index (χ0) is 11.3. The van der Waals surface area contributed by atoms with Crippen LogP contribution in [0.25, 0.3) is 10.9 Å². The Hall–Kier alpha value is -1.24. The minimum Gasteiger partial charge on any atom is -0.358 e. The van der Waals surface area contributed by atoms with E-state index in [9.17, 15) is 0 Å². The van der Waals surface area contributed by atoms with E-state index in [0.29, 0.717) is 0 Å². The summed E-state index contributed by atoms with van der Waals surface area (Å²) in [6.07, 6.45) is 3.82. The number of aromatic nitrogens is 1. The molecule has 1 heterocycles. The molecule has 1 aliphatic carbocycles.